The number of urea groups is 1. The molecule has 2 amide bonds. The predicted octanol–water partition coefficient (Wildman–Crippen LogP) is 1.71. The molecule has 2 heterocycles. The van der Waals surface area contributed by atoms with Gasteiger partial charge in [0.15, 0.2) is 0 Å². The van der Waals surface area contributed by atoms with Crippen LogP contribution in [0.5, 0.6) is 0 Å². The van der Waals surface area contributed by atoms with Crippen molar-refractivity contribution in [2.45, 2.75) is 13.0 Å². The van der Waals surface area contributed by atoms with Crippen LogP contribution in [0, 0.1) is 0 Å². The summed E-state index contributed by atoms with van der Waals surface area (Å²) in [5.41, 5.74) is 1.61. The molecule has 1 atom stereocenters. The number of morpholine rings is 1. The van der Waals surface area contributed by atoms with Crippen molar-refractivity contribution in [3.63, 3.8) is 0 Å². The molecule has 1 saturated heterocycles. The number of carbonyl (C=O) groups is 1. The van der Waals surface area contributed by atoms with E-state index in [0.29, 0.717) is 5.69 Å². The van der Waals surface area contributed by atoms with Gasteiger partial charge in [0.05, 0.1) is 37.0 Å². The van der Waals surface area contributed by atoms with Crippen molar-refractivity contribution >= 4 is 11.7 Å². The quantitative estimate of drug-likeness (QED) is 0.876. The molecule has 24 heavy (non-hydrogen) atoms. The van der Waals surface area contributed by atoms with Crippen molar-refractivity contribution < 1.29 is 9.53 Å². The van der Waals surface area contributed by atoms with Crippen molar-refractivity contribution in [2.75, 3.05) is 38.2 Å². The molecule has 0 radical (unpaired) electrons. The second kappa shape index (κ2) is 7.94. The van der Waals surface area contributed by atoms with Gasteiger partial charge in [0.1, 0.15) is 0 Å². The molecule has 128 valence electrons. The number of benzene rings is 1. The lowest BCUT2D eigenvalue weighted by molar-refractivity contribution is 0.0350. The molecule has 0 unspecified atom stereocenters. The summed E-state index contributed by atoms with van der Waals surface area (Å²) in [6.07, 6.45) is 3.43. The van der Waals surface area contributed by atoms with Gasteiger partial charge in [0.2, 0.25) is 0 Å². The van der Waals surface area contributed by atoms with Gasteiger partial charge < -0.3 is 15.4 Å². The first-order valence-electron chi connectivity index (χ1n) is 8.18. The molecule has 2 N–H and O–H groups in total. The summed E-state index contributed by atoms with van der Waals surface area (Å²) in [4.78, 5) is 14.4. The van der Waals surface area contributed by atoms with Crippen LogP contribution in [0.4, 0.5) is 10.5 Å². The molecule has 7 nitrogen and oxygen atoms in total. The third-order valence-electron chi connectivity index (χ3n) is 3.87. The molecule has 0 bridgehead atoms. The zero-order valence-electron chi connectivity index (χ0n) is 13.8. The molecule has 3 rings (SSSR count). The molecule has 1 fully saturated rings. The standard InChI is InChI=1S/C17H23N5O2/c1-14(12-21-7-9-24-10-8-21)19-17(23)20-15-11-18-22(13-15)16-5-3-2-4-6-16/h2-6,11,13-14H,7-10,12H2,1H3,(H2,19,20,23)/t14-/m1/s1. The number of aromatic nitrogens is 2. The van der Waals surface area contributed by atoms with Gasteiger partial charge >= 0.3 is 6.03 Å². The highest BCUT2D eigenvalue weighted by atomic mass is 16.5. The van der Waals surface area contributed by atoms with E-state index in [1.54, 1.807) is 17.1 Å². The molecule has 0 spiro atoms. The number of nitrogens with zero attached hydrogens (tertiary/aromatic N) is 3. The van der Waals surface area contributed by atoms with Crippen LogP contribution in [-0.4, -0.2) is 59.6 Å². The summed E-state index contributed by atoms with van der Waals surface area (Å²) in [5, 5.41) is 10.0. The Morgan fingerprint density at radius 2 is 2.04 bits per heavy atom. The van der Waals surface area contributed by atoms with Crippen molar-refractivity contribution in [3.8, 4) is 5.69 Å². The number of carbonyl (C=O) groups excluding carboxylic acids is 1. The lowest BCUT2D eigenvalue weighted by Gasteiger charge is -2.29. The Kier molecular flexibility index (Phi) is 5.45. The number of amides is 2. The van der Waals surface area contributed by atoms with Crippen molar-refractivity contribution in [2.24, 2.45) is 0 Å². The van der Waals surface area contributed by atoms with E-state index in [4.69, 9.17) is 4.74 Å². The van der Waals surface area contributed by atoms with E-state index in [2.05, 4.69) is 20.6 Å². The Balaban J connectivity index is 1.49. The molecule has 0 aliphatic carbocycles. The van der Waals surface area contributed by atoms with E-state index < -0.39 is 0 Å². The second-order valence-corrected chi connectivity index (χ2v) is 5.92. The summed E-state index contributed by atoms with van der Waals surface area (Å²) >= 11 is 0. The Hall–Kier alpha value is -2.38. The third-order valence-corrected chi connectivity index (χ3v) is 3.87. The van der Waals surface area contributed by atoms with Gasteiger partial charge in [-0.1, -0.05) is 18.2 Å². The maximum absolute atomic E-state index is 12.1. The molecule has 2 aromatic rings. The zero-order valence-corrected chi connectivity index (χ0v) is 13.8. The maximum Gasteiger partial charge on any atom is 0.319 e. The predicted molar refractivity (Wildman–Crippen MR) is 92.4 cm³/mol. The molecule has 1 aromatic carbocycles. The summed E-state index contributed by atoms with van der Waals surface area (Å²) in [7, 11) is 0. The molecule has 1 aromatic heterocycles. The Morgan fingerprint density at radius 3 is 2.79 bits per heavy atom. The molecular formula is C17H23N5O2. The summed E-state index contributed by atoms with van der Waals surface area (Å²) in [6, 6.07) is 9.61. The molecule has 0 saturated carbocycles. The second-order valence-electron chi connectivity index (χ2n) is 5.92. The zero-order chi connectivity index (χ0) is 16.8. The van der Waals surface area contributed by atoms with Gasteiger partial charge in [-0.25, -0.2) is 9.48 Å². The van der Waals surface area contributed by atoms with E-state index in [9.17, 15) is 4.79 Å². The van der Waals surface area contributed by atoms with Gasteiger partial charge in [-0.15, -0.1) is 0 Å². The number of anilines is 1. The summed E-state index contributed by atoms with van der Waals surface area (Å²) in [5.74, 6) is 0. The molecular weight excluding hydrogens is 306 g/mol. The van der Waals surface area contributed by atoms with Crippen LogP contribution in [0.1, 0.15) is 6.92 Å². The van der Waals surface area contributed by atoms with E-state index >= 15 is 0 Å². The van der Waals surface area contributed by atoms with Gasteiger partial charge in [0, 0.05) is 25.7 Å². The lowest BCUT2D eigenvalue weighted by Crippen LogP contribution is -2.46. The molecule has 7 heteroatoms. The van der Waals surface area contributed by atoms with Gasteiger partial charge in [-0.05, 0) is 19.1 Å². The first kappa shape index (κ1) is 16.5. The highest BCUT2D eigenvalue weighted by molar-refractivity contribution is 5.89. The van der Waals surface area contributed by atoms with Crippen LogP contribution >= 0.6 is 0 Å². The monoisotopic (exact) mass is 329 g/mol. The lowest BCUT2D eigenvalue weighted by atomic mass is 10.3. The fourth-order valence-corrected chi connectivity index (χ4v) is 2.72. The van der Waals surface area contributed by atoms with Gasteiger partial charge in [-0.3, -0.25) is 4.90 Å². The number of ether oxygens (including phenoxy) is 1. The Morgan fingerprint density at radius 1 is 1.29 bits per heavy atom. The maximum atomic E-state index is 12.1. The topological polar surface area (TPSA) is 71.4 Å². The summed E-state index contributed by atoms with van der Waals surface area (Å²) in [6.45, 7) is 6.17. The minimum Gasteiger partial charge on any atom is -0.379 e. The van der Waals surface area contributed by atoms with Crippen LogP contribution < -0.4 is 10.6 Å². The van der Waals surface area contributed by atoms with Crippen molar-refractivity contribution in [1.82, 2.24) is 20.0 Å². The highest BCUT2D eigenvalue weighted by Crippen LogP contribution is 2.11. The number of hydrogen-bond donors (Lipinski definition) is 2. The van der Waals surface area contributed by atoms with Gasteiger partial charge in [0.25, 0.3) is 0 Å². The average molecular weight is 329 g/mol. The van der Waals surface area contributed by atoms with Crippen LogP contribution in [0.2, 0.25) is 0 Å². The van der Waals surface area contributed by atoms with Crippen molar-refractivity contribution in [3.05, 3.63) is 42.7 Å². The minimum absolute atomic E-state index is 0.0623. The first-order valence-corrected chi connectivity index (χ1v) is 8.18. The van der Waals surface area contributed by atoms with E-state index in [1.807, 2.05) is 37.3 Å². The SMILES string of the molecule is C[C@H](CN1CCOCC1)NC(=O)Nc1cnn(-c2ccccc2)c1. The van der Waals surface area contributed by atoms with Crippen LogP contribution in [0.25, 0.3) is 5.69 Å². The number of para-hydroxylation sites is 1. The first-order chi connectivity index (χ1) is 11.7. The van der Waals surface area contributed by atoms with Crippen LogP contribution in [0.15, 0.2) is 42.7 Å². The van der Waals surface area contributed by atoms with Crippen molar-refractivity contribution in [1.29, 1.82) is 0 Å². The van der Waals surface area contributed by atoms with Crippen LogP contribution in [-0.2, 0) is 4.74 Å². The van der Waals surface area contributed by atoms with E-state index in [-0.39, 0.29) is 12.1 Å². The summed E-state index contributed by atoms with van der Waals surface area (Å²) < 4.78 is 7.06. The number of hydrogen-bond acceptors (Lipinski definition) is 4. The van der Waals surface area contributed by atoms with E-state index in [0.717, 1.165) is 38.5 Å². The number of rotatable bonds is 5. The molecule has 1 aliphatic heterocycles. The number of nitrogens with one attached hydrogen (secondary N) is 2. The Labute approximate surface area is 141 Å². The van der Waals surface area contributed by atoms with Crippen LogP contribution in [0.3, 0.4) is 0 Å². The average Bonchev–Trinajstić information content (AvgIpc) is 3.04. The smallest absolute Gasteiger partial charge is 0.319 e. The fraction of sp³-hybridized carbons (Fsp3) is 0.412. The van der Waals surface area contributed by atoms with Gasteiger partial charge in [-0.2, -0.15) is 5.10 Å². The fourth-order valence-electron chi connectivity index (χ4n) is 2.72. The normalized spacial score (nSPS) is 16.5. The third kappa shape index (κ3) is 4.56. The van der Waals surface area contributed by atoms with E-state index in [1.165, 1.54) is 0 Å². The minimum atomic E-state index is -0.219. The largest absolute Gasteiger partial charge is 0.379 e. The molecule has 1 aliphatic rings. The highest BCUT2D eigenvalue weighted by Gasteiger charge is 2.15. The Bertz CT molecular complexity index is 652.